The smallest absolute Gasteiger partial charge is 0.164 e. The van der Waals surface area contributed by atoms with Gasteiger partial charge in [0.2, 0.25) is 0 Å². The number of fused-ring (bicyclic) bond motifs is 8. The molecule has 10 aromatic rings. The van der Waals surface area contributed by atoms with Gasteiger partial charge < -0.3 is 4.57 Å². The van der Waals surface area contributed by atoms with Gasteiger partial charge in [0.15, 0.2) is 17.5 Å². The van der Waals surface area contributed by atoms with Crippen molar-refractivity contribution in [2.75, 3.05) is 0 Å². The minimum absolute atomic E-state index is 0.00392. The van der Waals surface area contributed by atoms with E-state index in [2.05, 4.69) is 162 Å². The molecule has 2 heterocycles. The van der Waals surface area contributed by atoms with Gasteiger partial charge in [0.05, 0.1) is 11.0 Å². The predicted octanol–water partition coefficient (Wildman–Crippen LogP) is 14.5. The quantitative estimate of drug-likeness (QED) is 0.169. The van der Waals surface area contributed by atoms with E-state index in [1.54, 1.807) is 0 Å². The Balaban J connectivity index is 0.965. The maximum atomic E-state index is 4.99. The lowest BCUT2D eigenvalue weighted by atomic mass is 9.67. The monoisotopic (exact) mass is 782 g/mol. The summed E-state index contributed by atoms with van der Waals surface area (Å²) in [5.74, 6) is 2.01. The van der Waals surface area contributed by atoms with Crippen LogP contribution >= 0.6 is 0 Å². The number of benzene rings is 8. The van der Waals surface area contributed by atoms with Gasteiger partial charge in [-0.05, 0) is 93.7 Å². The molecule has 61 heavy (non-hydrogen) atoms. The second-order valence-electron chi connectivity index (χ2n) is 16.7. The van der Waals surface area contributed by atoms with Crippen LogP contribution in [0.15, 0.2) is 194 Å². The van der Waals surface area contributed by atoms with E-state index >= 15 is 0 Å². The first-order chi connectivity index (χ1) is 30.2. The van der Waals surface area contributed by atoms with Crippen LogP contribution in [-0.4, -0.2) is 19.5 Å². The Bertz CT molecular complexity index is 3190. The molecule has 0 radical (unpaired) electrons. The number of aromatic nitrogens is 4. The number of hydrogen-bond donors (Lipinski definition) is 0. The molecule has 4 nitrogen and oxygen atoms in total. The van der Waals surface area contributed by atoms with Gasteiger partial charge in [-0.25, -0.2) is 15.0 Å². The van der Waals surface area contributed by atoms with Gasteiger partial charge in [-0.3, -0.25) is 0 Å². The third-order valence-corrected chi connectivity index (χ3v) is 13.2. The summed E-state index contributed by atoms with van der Waals surface area (Å²) in [6.07, 6.45) is 6.12. The molecule has 0 N–H and O–H groups in total. The summed E-state index contributed by atoms with van der Waals surface area (Å²) in [5, 5.41) is 2.63. The first-order valence-electron chi connectivity index (χ1n) is 21.6. The van der Waals surface area contributed by atoms with Gasteiger partial charge in [-0.15, -0.1) is 0 Å². The number of para-hydroxylation sites is 1. The van der Waals surface area contributed by atoms with Crippen LogP contribution in [-0.2, 0) is 5.41 Å². The van der Waals surface area contributed by atoms with Crippen molar-refractivity contribution >= 4 is 21.8 Å². The average Bonchev–Trinajstić information content (AvgIpc) is 3.80. The summed E-state index contributed by atoms with van der Waals surface area (Å²) < 4.78 is 2.48. The van der Waals surface area contributed by atoms with Crippen molar-refractivity contribution in [3.05, 3.63) is 205 Å². The topological polar surface area (TPSA) is 43.6 Å². The molecule has 290 valence electrons. The molecule has 0 aliphatic heterocycles. The Morgan fingerprint density at radius 1 is 0.344 bits per heavy atom. The normalized spacial score (nSPS) is 14.0. The first-order valence-corrected chi connectivity index (χ1v) is 21.6. The second-order valence-corrected chi connectivity index (χ2v) is 16.7. The second kappa shape index (κ2) is 14.4. The van der Waals surface area contributed by atoms with E-state index in [9.17, 15) is 0 Å². The van der Waals surface area contributed by atoms with Gasteiger partial charge in [-0.2, -0.15) is 0 Å². The fourth-order valence-electron chi connectivity index (χ4n) is 10.3. The minimum atomic E-state index is -0.00392. The van der Waals surface area contributed by atoms with E-state index in [1.165, 1.54) is 104 Å². The van der Waals surface area contributed by atoms with Gasteiger partial charge >= 0.3 is 0 Å². The third-order valence-electron chi connectivity index (χ3n) is 13.2. The van der Waals surface area contributed by atoms with Crippen LogP contribution in [0.4, 0.5) is 0 Å². The number of hydrogen-bond acceptors (Lipinski definition) is 3. The van der Waals surface area contributed by atoms with Crippen molar-refractivity contribution in [1.29, 1.82) is 0 Å². The molecule has 2 aromatic heterocycles. The van der Waals surface area contributed by atoms with E-state index in [0.717, 1.165) is 16.7 Å². The lowest BCUT2D eigenvalue weighted by Gasteiger charge is -2.36. The molecule has 2 aliphatic carbocycles. The summed E-state index contributed by atoms with van der Waals surface area (Å²) in [5.41, 5.74) is 17.2. The largest absolute Gasteiger partial charge is 0.309 e. The Morgan fingerprint density at radius 3 is 1.52 bits per heavy atom. The summed E-state index contributed by atoms with van der Waals surface area (Å²) in [4.78, 5) is 14.9. The van der Waals surface area contributed by atoms with Crippen LogP contribution in [0.5, 0.6) is 0 Å². The molecule has 4 heteroatoms. The molecule has 0 saturated heterocycles. The van der Waals surface area contributed by atoms with Crippen LogP contribution in [0.3, 0.4) is 0 Å². The van der Waals surface area contributed by atoms with Gasteiger partial charge in [-0.1, -0.05) is 177 Å². The lowest BCUT2D eigenvalue weighted by Crippen LogP contribution is -2.28. The van der Waals surface area contributed by atoms with E-state index in [-0.39, 0.29) is 5.41 Å². The average molecular weight is 783 g/mol. The van der Waals surface area contributed by atoms with Crippen molar-refractivity contribution in [1.82, 2.24) is 19.5 Å². The van der Waals surface area contributed by atoms with Crippen molar-refractivity contribution in [2.24, 2.45) is 0 Å². The fraction of sp³-hybridized carbons (Fsp3) is 0.105. The lowest BCUT2D eigenvalue weighted by molar-refractivity contribution is 0.353. The SMILES string of the molecule is c1ccc(-c2cccc(-n3c4ccccc4c4cc5c(cc43)-c3ccc(-c4ccc(-c6nc(-c7ccccc7)nc(-c7ccccc7)n6)cc4)cc3C53CCCCC3)c2)cc1. The molecular weight excluding hydrogens is 741 g/mol. The highest BCUT2D eigenvalue weighted by Gasteiger charge is 2.44. The summed E-state index contributed by atoms with van der Waals surface area (Å²) in [7, 11) is 0. The van der Waals surface area contributed by atoms with Crippen molar-refractivity contribution in [2.45, 2.75) is 37.5 Å². The molecule has 0 bridgehead atoms. The van der Waals surface area contributed by atoms with Gasteiger partial charge in [0.25, 0.3) is 0 Å². The molecule has 1 fully saturated rings. The standard InChI is InChI=1S/C57H42N4/c1-5-16-38(17-6-1)43-22-15-23-45(34-43)61-52-25-12-11-24-47(52)49-36-51-48(37-53(49)61)46-31-30-44(35-50(46)57(51)32-13-4-14-33-57)39-26-28-42(29-27-39)56-59-54(40-18-7-2-8-19-40)58-55(60-56)41-20-9-3-10-21-41/h1-3,5-12,15-31,34-37H,4,13-14,32-33H2. The van der Waals surface area contributed by atoms with Crippen LogP contribution in [0.1, 0.15) is 43.2 Å². The van der Waals surface area contributed by atoms with E-state index in [1.807, 2.05) is 36.4 Å². The maximum Gasteiger partial charge on any atom is 0.164 e. The van der Waals surface area contributed by atoms with E-state index in [4.69, 9.17) is 15.0 Å². The van der Waals surface area contributed by atoms with Crippen LogP contribution in [0, 0.1) is 0 Å². The molecule has 0 amide bonds. The van der Waals surface area contributed by atoms with Crippen molar-refractivity contribution in [3.63, 3.8) is 0 Å². The van der Waals surface area contributed by atoms with Crippen LogP contribution in [0.2, 0.25) is 0 Å². The number of rotatable bonds is 6. The minimum Gasteiger partial charge on any atom is -0.309 e. The van der Waals surface area contributed by atoms with Crippen molar-refractivity contribution < 1.29 is 0 Å². The highest BCUT2D eigenvalue weighted by molar-refractivity contribution is 6.11. The molecule has 2 aliphatic rings. The molecule has 1 spiro atoms. The van der Waals surface area contributed by atoms with Gasteiger partial charge in [0.1, 0.15) is 0 Å². The third kappa shape index (κ3) is 5.93. The Morgan fingerprint density at radius 2 is 0.852 bits per heavy atom. The predicted molar refractivity (Wildman–Crippen MR) is 251 cm³/mol. The van der Waals surface area contributed by atoms with Gasteiger partial charge in [0, 0.05) is 38.6 Å². The van der Waals surface area contributed by atoms with E-state index in [0.29, 0.717) is 17.5 Å². The Hall–Kier alpha value is -7.43. The maximum absolute atomic E-state index is 4.99. The zero-order valence-electron chi connectivity index (χ0n) is 33.8. The fourth-order valence-corrected chi connectivity index (χ4v) is 10.3. The summed E-state index contributed by atoms with van der Waals surface area (Å²) >= 11 is 0. The van der Waals surface area contributed by atoms with Crippen LogP contribution in [0.25, 0.3) is 95.0 Å². The highest BCUT2D eigenvalue weighted by Crippen LogP contribution is 2.57. The van der Waals surface area contributed by atoms with Crippen LogP contribution < -0.4 is 0 Å². The van der Waals surface area contributed by atoms with Crippen molar-refractivity contribution in [3.8, 4) is 73.2 Å². The molecular formula is C57H42N4. The molecule has 1 saturated carbocycles. The molecule has 0 unspecified atom stereocenters. The number of nitrogens with zero attached hydrogens (tertiary/aromatic N) is 4. The zero-order chi connectivity index (χ0) is 40.3. The molecule has 8 aromatic carbocycles. The van der Waals surface area contributed by atoms with E-state index < -0.39 is 0 Å². The summed E-state index contributed by atoms with van der Waals surface area (Å²) in [6, 6.07) is 70.1. The highest BCUT2D eigenvalue weighted by atomic mass is 15.0. The zero-order valence-corrected chi connectivity index (χ0v) is 33.8. The Kier molecular flexibility index (Phi) is 8.38. The first kappa shape index (κ1) is 35.5. The molecule has 12 rings (SSSR count). The molecule has 0 atom stereocenters. The summed E-state index contributed by atoms with van der Waals surface area (Å²) in [6.45, 7) is 0. The Labute approximate surface area is 355 Å².